The number of rotatable bonds is 1. The van der Waals surface area contributed by atoms with Gasteiger partial charge in [0.25, 0.3) is 0 Å². The van der Waals surface area contributed by atoms with Crippen molar-refractivity contribution in [3.63, 3.8) is 0 Å². The molecule has 0 fully saturated rings. The van der Waals surface area contributed by atoms with Crippen molar-refractivity contribution in [3.05, 3.63) is 29.2 Å². The molecule has 2 aromatic rings. The molecule has 11 heteroatoms. The SMILES string of the molecule is O=C(O)c1cc2nc(C(F)(F)F)cc(C(F)(F)F)n2n1. The number of aromatic carboxylic acids is 1. The number of alkyl halides is 6. The first kappa shape index (κ1) is 14.1. The summed E-state index contributed by atoms with van der Waals surface area (Å²) in [6.45, 7) is 0. The minimum absolute atomic E-state index is 0.0126. The molecule has 0 saturated heterocycles. The van der Waals surface area contributed by atoms with Gasteiger partial charge in [-0.3, -0.25) is 0 Å². The summed E-state index contributed by atoms with van der Waals surface area (Å²) in [6.07, 6.45) is -10.3. The van der Waals surface area contributed by atoms with Crippen LogP contribution in [0.5, 0.6) is 0 Å². The first-order valence-electron chi connectivity index (χ1n) is 4.78. The van der Waals surface area contributed by atoms with E-state index in [1.165, 1.54) is 0 Å². The van der Waals surface area contributed by atoms with Crippen LogP contribution in [0.2, 0.25) is 0 Å². The number of hydrogen-bond acceptors (Lipinski definition) is 3. The topological polar surface area (TPSA) is 67.5 Å². The molecule has 2 heterocycles. The molecule has 0 aliphatic carbocycles. The first-order chi connectivity index (χ1) is 9.00. The van der Waals surface area contributed by atoms with Gasteiger partial charge in [0, 0.05) is 6.07 Å². The third kappa shape index (κ3) is 2.38. The smallest absolute Gasteiger partial charge is 0.433 e. The van der Waals surface area contributed by atoms with Crippen LogP contribution < -0.4 is 0 Å². The van der Waals surface area contributed by atoms with Crippen molar-refractivity contribution in [1.82, 2.24) is 14.6 Å². The number of hydrogen-bond donors (Lipinski definition) is 1. The number of fused-ring (bicyclic) bond motifs is 1. The van der Waals surface area contributed by atoms with Crippen molar-refractivity contribution in [2.75, 3.05) is 0 Å². The van der Waals surface area contributed by atoms with E-state index < -0.39 is 41.1 Å². The molecule has 0 aliphatic heterocycles. The third-order valence-corrected chi connectivity index (χ3v) is 2.23. The van der Waals surface area contributed by atoms with Crippen LogP contribution >= 0.6 is 0 Å². The first-order valence-corrected chi connectivity index (χ1v) is 4.78. The predicted molar refractivity (Wildman–Crippen MR) is 50.0 cm³/mol. The minimum atomic E-state index is -5.15. The van der Waals surface area contributed by atoms with Crippen LogP contribution in [0, 0.1) is 0 Å². The van der Waals surface area contributed by atoms with E-state index in [1.807, 2.05) is 0 Å². The Hall–Kier alpha value is -2.33. The van der Waals surface area contributed by atoms with Crippen molar-refractivity contribution in [1.29, 1.82) is 0 Å². The Labute approximate surface area is 105 Å². The zero-order valence-corrected chi connectivity index (χ0v) is 9.12. The molecule has 2 aromatic heterocycles. The fraction of sp³-hybridized carbons (Fsp3) is 0.222. The molecule has 0 saturated carbocycles. The third-order valence-electron chi connectivity index (χ3n) is 2.23. The zero-order valence-electron chi connectivity index (χ0n) is 9.12. The highest BCUT2D eigenvalue weighted by Crippen LogP contribution is 2.34. The van der Waals surface area contributed by atoms with Gasteiger partial charge in [0.15, 0.2) is 17.0 Å². The van der Waals surface area contributed by atoms with E-state index in [9.17, 15) is 31.1 Å². The van der Waals surface area contributed by atoms with Crippen LogP contribution in [0.15, 0.2) is 12.1 Å². The normalized spacial score (nSPS) is 12.9. The van der Waals surface area contributed by atoms with Crippen molar-refractivity contribution in [2.45, 2.75) is 12.4 Å². The molecule has 0 atom stereocenters. The van der Waals surface area contributed by atoms with Crippen LogP contribution in [-0.4, -0.2) is 25.7 Å². The Kier molecular flexibility index (Phi) is 2.87. The molecule has 0 aromatic carbocycles. The van der Waals surface area contributed by atoms with Gasteiger partial charge in [0.05, 0.1) is 0 Å². The van der Waals surface area contributed by atoms with Gasteiger partial charge in [-0.25, -0.2) is 14.3 Å². The lowest BCUT2D eigenvalue weighted by molar-refractivity contribution is -0.148. The Morgan fingerprint density at radius 3 is 2.15 bits per heavy atom. The Balaban J connectivity index is 2.82. The minimum Gasteiger partial charge on any atom is -0.476 e. The van der Waals surface area contributed by atoms with Gasteiger partial charge in [-0.1, -0.05) is 0 Å². The monoisotopic (exact) mass is 299 g/mol. The van der Waals surface area contributed by atoms with Crippen LogP contribution in [0.25, 0.3) is 5.65 Å². The van der Waals surface area contributed by atoms with E-state index in [0.29, 0.717) is 6.07 Å². The molecule has 2 rings (SSSR count). The van der Waals surface area contributed by atoms with Crippen LogP contribution in [0.4, 0.5) is 26.3 Å². The summed E-state index contributed by atoms with van der Waals surface area (Å²) in [5.74, 6) is -1.68. The van der Waals surface area contributed by atoms with Gasteiger partial charge in [-0.2, -0.15) is 31.4 Å². The highest BCUT2D eigenvalue weighted by Gasteiger charge is 2.40. The molecule has 0 spiro atoms. The maximum atomic E-state index is 12.7. The fourth-order valence-corrected chi connectivity index (χ4v) is 1.43. The van der Waals surface area contributed by atoms with E-state index in [0.717, 1.165) is 0 Å². The lowest BCUT2D eigenvalue weighted by Crippen LogP contribution is -2.18. The van der Waals surface area contributed by atoms with Crippen molar-refractivity contribution < 1.29 is 36.2 Å². The molecule has 0 aliphatic rings. The summed E-state index contributed by atoms with van der Waals surface area (Å²) in [5, 5.41) is 11.7. The standard InChI is InChI=1S/C9H3F6N3O2/c10-8(11,12)4-2-5(9(13,14)15)18-6(16-4)1-3(17-18)7(19)20/h1-2H,(H,19,20). The van der Waals surface area contributed by atoms with Crippen molar-refractivity contribution >= 4 is 11.6 Å². The molecule has 108 valence electrons. The van der Waals surface area contributed by atoms with E-state index in [2.05, 4.69) is 10.1 Å². The Morgan fingerprint density at radius 1 is 1.10 bits per heavy atom. The van der Waals surface area contributed by atoms with Gasteiger partial charge in [0.1, 0.15) is 5.69 Å². The van der Waals surface area contributed by atoms with Crippen LogP contribution in [0.3, 0.4) is 0 Å². The molecule has 0 radical (unpaired) electrons. The molecule has 0 amide bonds. The summed E-state index contributed by atoms with van der Waals surface area (Å²) in [6, 6.07) is 0.290. The summed E-state index contributed by atoms with van der Waals surface area (Å²) in [4.78, 5) is 13.5. The number of nitrogens with zero attached hydrogens (tertiary/aromatic N) is 3. The highest BCUT2D eigenvalue weighted by atomic mass is 19.4. The van der Waals surface area contributed by atoms with Gasteiger partial charge in [-0.05, 0) is 6.07 Å². The summed E-state index contributed by atoms with van der Waals surface area (Å²) in [5.41, 5.74) is -5.25. The quantitative estimate of drug-likeness (QED) is 0.821. The fourth-order valence-electron chi connectivity index (χ4n) is 1.43. The second-order valence-electron chi connectivity index (χ2n) is 3.63. The average molecular weight is 299 g/mol. The molecule has 0 unspecified atom stereocenters. The molecular formula is C9H3F6N3O2. The van der Waals surface area contributed by atoms with Crippen molar-refractivity contribution in [2.24, 2.45) is 0 Å². The van der Waals surface area contributed by atoms with Crippen LogP contribution in [-0.2, 0) is 12.4 Å². The van der Waals surface area contributed by atoms with Crippen LogP contribution in [0.1, 0.15) is 21.9 Å². The lowest BCUT2D eigenvalue weighted by Gasteiger charge is -2.12. The van der Waals surface area contributed by atoms with Gasteiger partial charge >= 0.3 is 18.3 Å². The van der Waals surface area contributed by atoms with Crippen molar-refractivity contribution in [3.8, 4) is 0 Å². The zero-order chi connectivity index (χ0) is 15.3. The highest BCUT2D eigenvalue weighted by molar-refractivity contribution is 5.86. The number of aromatic nitrogens is 3. The molecule has 0 bridgehead atoms. The number of halogens is 6. The second kappa shape index (κ2) is 4.08. The molecule has 5 nitrogen and oxygen atoms in total. The van der Waals surface area contributed by atoms with E-state index >= 15 is 0 Å². The molecule has 20 heavy (non-hydrogen) atoms. The molecule has 1 N–H and O–H groups in total. The summed E-state index contributed by atoms with van der Waals surface area (Å²) < 4.78 is 75.5. The Bertz CT molecular complexity index is 687. The Morgan fingerprint density at radius 2 is 1.70 bits per heavy atom. The number of carboxylic acids is 1. The van der Waals surface area contributed by atoms with E-state index in [4.69, 9.17) is 5.11 Å². The maximum absolute atomic E-state index is 12.7. The molecular weight excluding hydrogens is 296 g/mol. The van der Waals surface area contributed by atoms with E-state index in [-0.39, 0.29) is 10.6 Å². The lowest BCUT2D eigenvalue weighted by atomic mass is 10.3. The number of carboxylic acid groups (broad SMARTS) is 1. The maximum Gasteiger partial charge on any atom is 0.433 e. The average Bonchev–Trinajstić information content (AvgIpc) is 2.68. The summed E-state index contributed by atoms with van der Waals surface area (Å²) >= 11 is 0. The number of carbonyl (C=O) groups is 1. The largest absolute Gasteiger partial charge is 0.476 e. The van der Waals surface area contributed by atoms with Gasteiger partial charge in [0.2, 0.25) is 0 Å². The second-order valence-corrected chi connectivity index (χ2v) is 3.63. The van der Waals surface area contributed by atoms with Gasteiger partial charge < -0.3 is 5.11 Å². The van der Waals surface area contributed by atoms with Gasteiger partial charge in [-0.15, -0.1) is 0 Å². The predicted octanol–water partition coefficient (Wildman–Crippen LogP) is 2.47. The summed E-state index contributed by atoms with van der Waals surface area (Å²) in [7, 11) is 0. The van der Waals surface area contributed by atoms with E-state index in [1.54, 1.807) is 0 Å².